The van der Waals surface area contributed by atoms with E-state index in [-0.39, 0.29) is 90.7 Å². The molecule has 4 N–H and O–H groups in total. The summed E-state index contributed by atoms with van der Waals surface area (Å²) in [4.78, 5) is 83.7. The highest BCUT2D eigenvalue weighted by Gasteiger charge is 2.39. The molecule has 2 saturated heterocycles. The fourth-order valence-corrected chi connectivity index (χ4v) is 7.56. The number of likely N-dealkylation sites (N-methyl/N-ethyl adjacent to an activating group) is 1. The Balaban J connectivity index is 0.00000620. The summed E-state index contributed by atoms with van der Waals surface area (Å²) < 4.78 is 26.7. The first kappa shape index (κ1) is 52.0. The highest BCUT2D eigenvalue weighted by Crippen LogP contribution is 2.24. The quantitative estimate of drug-likeness (QED) is 0.113. The van der Waals surface area contributed by atoms with Crippen LogP contribution in [0.2, 0.25) is 0 Å². The molecule has 2 aliphatic heterocycles. The van der Waals surface area contributed by atoms with Gasteiger partial charge in [-0.05, 0) is 101 Å². The van der Waals surface area contributed by atoms with E-state index >= 15 is 0 Å². The summed E-state index contributed by atoms with van der Waals surface area (Å²) in [6, 6.07) is 8.46. The van der Waals surface area contributed by atoms with Gasteiger partial charge in [0, 0.05) is 32.0 Å². The summed E-state index contributed by atoms with van der Waals surface area (Å²) >= 11 is 0. The Morgan fingerprint density at radius 2 is 1.18 bits per heavy atom. The van der Waals surface area contributed by atoms with Crippen molar-refractivity contribution in [3.8, 4) is 0 Å². The predicted molar refractivity (Wildman–Crippen MR) is 231 cm³/mol. The predicted octanol–water partition coefficient (Wildman–Crippen LogP) is 5.57. The average molecular weight is 882 g/mol. The maximum Gasteiger partial charge on any atom is 0.245 e. The molecule has 0 bridgehead atoms. The molecule has 1 unspecified atom stereocenters. The number of carbonyl (C=O) groups excluding carboxylic acids is 6. The lowest BCUT2D eigenvalue weighted by atomic mass is 9.99. The van der Waals surface area contributed by atoms with Crippen molar-refractivity contribution in [2.24, 2.45) is 5.92 Å². The molecular weight excluding hydrogens is 817 g/mol. The minimum atomic E-state index is -0.820. The second-order valence-corrected chi connectivity index (χ2v) is 15.7. The number of aryl methyl sites for hydroxylation is 1. The Morgan fingerprint density at radius 3 is 1.70 bits per heavy atom. The Labute approximate surface area is 365 Å². The molecule has 12 nitrogen and oxygen atoms in total. The standard InChI is InChI=1S/C44H62F2N6O6.2ClH/c1-5-29(2)40(54)49-35(44(58)52-27-11-15-38(52)42(56)48-28-32-18-23-34(46)24-19-32)12-8-6-7-9-13-36(50-41(55)30(3)47-4)43(57)51-26-10-14-37(51)39(53)25-20-31-16-21-33(45)22-17-31;;/h16-19,21-24,29-30,35-38,47H,5-15,20,25-28H2,1-4H3,(H,48,56)(H,49,54)(H,50,55);2*1H/t29-,30+,35+,36+,37?,38+;;/m1../s1. The van der Waals surface area contributed by atoms with Gasteiger partial charge < -0.3 is 31.1 Å². The molecule has 2 aliphatic rings. The van der Waals surface area contributed by atoms with Crippen LogP contribution in [0, 0.1) is 17.6 Å². The Morgan fingerprint density at radius 1 is 0.700 bits per heavy atom. The van der Waals surface area contributed by atoms with Gasteiger partial charge in [0.15, 0.2) is 5.78 Å². The highest BCUT2D eigenvalue weighted by atomic mass is 35.5. The fourth-order valence-electron chi connectivity index (χ4n) is 7.56. The molecule has 6 atom stereocenters. The van der Waals surface area contributed by atoms with Crippen molar-refractivity contribution in [1.82, 2.24) is 31.1 Å². The van der Waals surface area contributed by atoms with Crippen molar-refractivity contribution in [1.29, 1.82) is 0 Å². The smallest absolute Gasteiger partial charge is 0.245 e. The van der Waals surface area contributed by atoms with Gasteiger partial charge >= 0.3 is 0 Å². The van der Waals surface area contributed by atoms with Gasteiger partial charge in [0.2, 0.25) is 29.5 Å². The maximum atomic E-state index is 14.0. The van der Waals surface area contributed by atoms with E-state index < -0.39 is 30.2 Å². The van der Waals surface area contributed by atoms with E-state index in [9.17, 15) is 37.5 Å². The molecule has 2 aromatic rings. The Bertz CT molecular complexity index is 1580. The normalized spacial score (nSPS) is 18.0. The van der Waals surface area contributed by atoms with Crippen LogP contribution in [-0.2, 0) is 41.7 Å². The lowest BCUT2D eigenvalue weighted by molar-refractivity contribution is -0.142. The van der Waals surface area contributed by atoms with E-state index in [1.165, 1.54) is 24.3 Å². The molecule has 2 aromatic carbocycles. The second-order valence-electron chi connectivity index (χ2n) is 15.7. The van der Waals surface area contributed by atoms with E-state index in [4.69, 9.17) is 0 Å². The second kappa shape index (κ2) is 26.3. The van der Waals surface area contributed by atoms with Gasteiger partial charge in [0.1, 0.15) is 29.8 Å². The number of hydrogen-bond donors (Lipinski definition) is 4. The molecule has 5 amide bonds. The van der Waals surface area contributed by atoms with Crippen LogP contribution in [0.5, 0.6) is 0 Å². The van der Waals surface area contributed by atoms with E-state index in [0.29, 0.717) is 90.1 Å². The minimum absolute atomic E-state index is 0. The summed E-state index contributed by atoms with van der Waals surface area (Å²) in [5.41, 5.74) is 1.58. The molecule has 0 saturated carbocycles. The number of unbranched alkanes of at least 4 members (excludes halogenated alkanes) is 3. The largest absolute Gasteiger partial charge is 0.350 e. The molecule has 0 spiro atoms. The third-order valence-corrected chi connectivity index (χ3v) is 11.6. The molecule has 60 heavy (non-hydrogen) atoms. The zero-order chi connectivity index (χ0) is 42.2. The van der Waals surface area contributed by atoms with Gasteiger partial charge in [0.05, 0.1) is 12.1 Å². The first-order valence-corrected chi connectivity index (χ1v) is 21.0. The van der Waals surface area contributed by atoms with Gasteiger partial charge in [0.25, 0.3) is 0 Å². The molecule has 2 heterocycles. The lowest BCUT2D eigenvalue weighted by Crippen LogP contribution is -2.54. The Hall–Kier alpha value is -4.14. The highest BCUT2D eigenvalue weighted by molar-refractivity contribution is 5.94. The van der Waals surface area contributed by atoms with Gasteiger partial charge in [-0.2, -0.15) is 0 Å². The molecule has 0 aromatic heterocycles. The van der Waals surface area contributed by atoms with Gasteiger partial charge in [-0.3, -0.25) is 28.8 Å². The first-order chi connectivity index (χ1) is 27.8. The number of nitrogens with zero attached hydrogens (tertiary/aromatic N) is 2. The number of nitrogens with one attached hydrogen (secondary N) is 4. The van der Waals surface area contributed by atoms with E-state index in [2.05, 4.69) is 21.3 Å². The number of amides is 5. The number of hydrogen-bond acceptors (Lipinski definition) is 7. The molecular formula is C44H64Cl2F2N6O6. The number of carbonyl (C=O) groups is 6. The summed E-state index contributed by atoms with van der Waals surface area (Å²) in [6.07, 6.45) is 6.98. The number of halogens is 4. The van der Waals surface area contributed by atoms with Crippen molar-refractivity contribution in [2.45, 2.75) is 141 Å². The average Bonchev–Trinajstić information content (AvgIpc) is 3.93. The monoisotopic (exact) mass is 880 g/mol. The van der Waals surface area contributed by atoms with Crippen molar-refractivity contribution in [2.75, 3.05) is 20.1 Å². The molecule has 2 fully saturated rings. The van der Waals surface area contributed by atoms with E-state index in [0.717, 1.165) is 11.1 Å². The minimum Gasteiger partial charge on any atom is -0.350 e. The van der Waals surface area contributed by atoms with Gasteiger partial charge in [-0.25, -0.2) is 8.78 Å². The number of rotatable bonds is 22. The third kappa shape index (κ3) is 15.4. The molecule has 16 heteroatoms. The molecule has 4 rings (SSSR count). The van der Waals surface area contributed by atoms with E-state index in [1.807, 2.05) is 6.92 Å². The molecule has 0 radical (unpaired) electrons. The van der Waals surface area contributed by atoms with Crippen molar-refractivity contribution in [3.05, 3.63) is 71.3 Å². The van der Waals surface area contributed by atoms with Crippen LogP contribution in [0.4, 0.5) is 8.78 Å². The summed E-state index contributed by atoms with van der Waals surface area (Å²) in [5.74, 6) is -2.47. The SMILES string of the molecule is CC[C@@H](C)C(=O)N[C@@H](CCCCCC[C@H](NC(=O)[C@H](C)NC)C(=O)N1CCCC1C(=O)CCc1ccc(F)cc1)C(=O)N1CCC[C@H]1C(=O)NCc1ccc(F)cc1.Cl.Cl. The Kier molecular flexibility index (Phi) is 22.8. The molecule has 334 valence electrons. The van der Waals surface area contributed by atoms with Gasteiger partial charge in [-0.15, -0.1) is 24.8 Å². The van der Waals surface area contributed by atoms with Gasteiger partial charge in [-0.1, -0.05) is 63.8 Å². The number of likely N-dealkylation sites (tertiary alicyclic amines) is 2. The molecule has 0 aliphatic carbocycles. The zero-order valence-electron chi connectivity index (χ0n) is 35.3. The maximum absolute atomic E-state index is 14.0. The summed E-state index contributed by atoms with van der Waals surface area (Å²) in [7, 11) is 1.66. The fraction of sp³-hybridized carbons (Fsp3) is 0.591. The zero-order valence-corrected chi connectivity index (χ0v) is 36.9. The third-order valence-electron chi connectivity index (χ3n) is 11.6. The summed E-state index contributed by atoms with van der Waals surface area (Å²) in [6.45, 7) is 6.43. The van der Waals surface area contributed by atoms with Crippen LogP contribution in [0.15, 0.2) is 48.5 Å². The lowest BCUT2D eigenvalue weighted by Gasteiger charge is -2.30. The van der Waals surface area contributed by atoms with Crippen LogP contribution in [-0.4, -0.2) is 95.5 Å². The summed E-state index contributed by atoms with van der Waals surface area (Å²) in [5, 5.41) is 11.6. The van der Waals surface area contributed by atoms with Crippen LogP contribution < -0.4 is 21.3 Å². The van der Waals surface area contributed by atoms with Crippen molar-refractivity contribution < 1.29 is 37.5 Å². The number of benzene rings is 2. The van der Waals surface area contributed by atoms with E-state index in [1.54, 1.807) is 55.0 Å². The first-order valence-electron chi connectivity index (χ1n) is 21.0. The van der Waals surface area contributed by atoms with Crippen LogP contribution in [0.3, 0.4) is 0 Å². The topological polar surface area (TPSA) is 157 Å². The van der Waals surface area contributed by atoms with Crippen molar-refractivity contribution in [3.63, 3.8) is 0 Å². The number of ketones is 1. The van der Waals surface area contributed by atoms with Crippen LogP contribution in [0.25, 0.3) is 0 Å². The van der Waals surface area contributed by atoms with Crippen molar-refractivity contribution >= 4 is 60.1 Å². The van der Waals surface area contributed by atoms with Crippen LogP contribution >= 0.6 is 24.8 Å². The number of Topliss-reactive ketones (excluding diaryl/α,β-unsaturated/α-hetero) is 1. The van der Waals surface area contributed by atoms with Crippen LogP contribution in [0.1, 0.15) is 109 Å².